The second-order valence-electron chi connectivity index (χ2n) is 5.60. The third-order valence-corrected chi connectivity index (χ3v) is 4.96. The van der Waals surface area contributed by atoms with E-state index < -0.39 is 0 Å². The molecule has 23 heavy (non-hydrogen) atoms. The lowest BCUT2D eigenvalue weighted by molar-refractivity contribution is 0.0410. The Morgan fingerprint density at radius 1 is 1.09 bits per heavy atom. The summed E-state index contributed by atoms with van der Waals surface area (Å²) in [5.41, 5.74) is 3.83. The van der Waals surface area contributed by atoms with Crippen molar-refractivity contribution in [2.24, 2.45) is 5.84 Å². The molecule has 0 saturated carbocycles. The third-order valence-electron chi connectivity index (χ3n) is 4.07. The molecule has 0 atom stereocenters. The lowest BCUT2D eigenvalue weighted by atomic mass is 10.3. The highest BCUT2D eigenvalue weighted by Crippen LogP contribution is 2.26. The Hall–Kier alpha value is -1.06. The second-order valence-corrected chi connectivity index (χ2v) is 6.71. The fourth-order valence-corrected chi connectivity index (χ4v) is 3.67. The first-order valence-electron chi connectivity index (χ1n) is 8.09. The Morgan fingerprint density at radius 2 is 1.78 bits per heavy atom. The van der Waals surface area contributed by atoms with Gasteiger partial charge in [-0.3, -0.25) is 4.90 Å². The lowest BCUT2D eigenvalue weighted by Gasteiger charge is -2.29. The zero-order chi connectivity index (χ0) is 15.9. The van der Waals surface area contributed by atoms with Crippen molar-refractivity contribution in [3.8, 4) is 0 Å². The van der Waals surface area contributed by atoms with Gasteiger partial charge in [0.1, 0.15) is 10.8 Å². The van der Waals surface area contributed by atoms with Gasteiger partial charge in [-0.1, -0.05) is 0 Å². The maximum absolute atomic E-state index is 5.58. The van der Waals surface area contributed by atoms with Crippen LogP contribution in [0.3, 0.4) is 0 Å². The van der Waals surface area contributed by atoms with E-state index in [0.29, 0.717) is 5.82 Å². The third kappa shape index (κ3) is 4.95. The van der Waals surface area contributed by atoms with Gasteiger partial charge in [0.15, 0.2) is 0 Å². The number of aromatic nitrogens is 1. The van der Waals surface area contributed by atoms with E-state index in [1.807, 2.05) is 6.07 Å². The molecule has 3 rings (SSSR count). The van der Waals surface area contributed by atoms with Crippen molar-refractivity contribution in [3.05, 3.63) is 12.1 Å². The molecular weight excluding hydrogens is 314 g/mol. The number of anilines is 2. The SMILES string of the molecule is NNc1cc(N2CCOCC2)cc(SCCN2CCOCC2)n1. The highest BCUT2D eigenvalue weighted by Gasteiger charge is 2.14. The normalized spacial score (nSPS) is 19.8. The molecular formula is C15H25N5O2S. The van der Waals surface area contributed by atoms with Crippen LogP contribution in [0.5, 0.6) is 0 Å². The van der Waals surface area contributed by atoms with Crippen molar-refractivity contribution in [2.45, 2.75) is 5.03 Å². The van der Waals surface area contributed by atoms with Gasteiger partial charge in [-0.25, -0.2) is 10.8 Å². The maximum Gasteiger partial charge on any atom is 0.143 e. The van der Waals surface area contributed by atoms with E-state index in [4.69, 9.17) is 15.3 Å². The van der Waals surface area contributed by atoms with E-state index in [-0.39, 0.29) is 0 Å². The van der Waals surface area contributed by atoms with Crippen LogP contribution in [0.4, 0.5) is 11.5 Å². The van der Waals surface area contributed by atoms with Gasteiger partial charge in [0.2, 0.25) is 0 Å². The first kappa shape index (κ1) is 16.8. The number of morpholine rings is 2. The molecule has 8 heteroatoms. The van der Waals surface area contributed by atoms with Gasteiger partial charge in [0.25, 0.3) is 0 Å². The number of thioether (sulfide) groups is 1. The van der Waals surface area contributed by atoms with Gasteiger partial charge >= 0.3 is 0 Å². The Bertz CT molecular complexity index is 493. The Balaban J connectivity index is 1.58. The molecule has 3 heterocycles. The van der Waals surface area contributed by atoms with Gasteiger partial charge in [-0.05, 0) is 6.07 Å². The van der Waals surface area contributed by atoms with Gasteiger partial charge in [0, 0.05) is 50.2 Å². The van der Waals surface area contributed by atoms with Gasteiger partial charge in [0.05, 0.1) is 26.4 Å². The zero-order valence-electron chi connectivity index (χ0n) is 13.4. The van der Waals surface area contributed by atoms with E-state index in [0.717, 1.165) is 75.6 Å². The minimum Gasteiger partial charge on any atom is -0.379 e. The van der Waals surface area contributed by atoms with Gasteiger partial charge in [-0.15, -0.1) is 11.8 Å². The number of nitrogens with two attached hydrogens (primary N) is 1. The van der Waals surface area contributed by atoms with Crippen LogP contribution in [0.25, 0.3) is 0 Å². The minimum atomic E-state index is 0.711. The van der Waals surface area contributed by atoms with Crippen LogP contribution in [-0.4, -0.2) is 74.8 Å². The van der Waals surface area contributed by atoms with Crippen molar-refractivity contribution in [1.82, 2.24) is 9.88 Å². The second kappa shape index (κ2) is 8.70. The van der Waals surface area contributed by atoms with E-state index in [1.165, 1.54) is 0 Å². The molecule has 2 aliphatic rings. The quantitative estimate of drug-likeness (QED) is 0.444. The van der Waals surface area contributed by atoms with Crippen molar-refractivity contribution in [3.63, 3.8) is 0 Å². The summed E-state index contributed by atoms with van der Waals surface area (Å²) in [6.45, 7) is 8.16. The molecule has 0 aliphatic carbocycles. The average Bonchev–Trinajstić information content (AvgIpc) is 2.63. The number of nitrogen functional groups attached to an aromatic ring is 1. The van der Waals surface area contributed by atoms with Gasteiger partial charge < -0.3 is 19.8 Å². The number of hydrogen-bond acceptors (Lipinski definition) is 8. The summed E-state index contributed by atoms with van der Waals surface area (Å²) in [6, 6.07) is 4.15. The zero-order valence-corrected chi connectivity index (χ0v) is 14.2. The fourth-order valence-electron chi connectivity index (χ4n) is 2.75. The molecule has 1 aromatic heterocycles. The Labute approximate surface area is 141 Å². The smallest absolute Gasteiger partial charge is 0.143 e. The summed E-state index contributed by atoms with van der Waals surface area (Å²) in [5, 5.41) is 1.01. The van der Waals surface area contributed by atoms with Crippen molar-refractivity contribution >= 4 is 23.3 Å². The van der Waals surface area contributed by atoms with Crippen LogP contribution in [0.1, 0.15) is 0 Å². The van der Waals surface area contributed by atoms with Crippen LogP contribution in [0.15, 0.2) is 17.2 Å². The number of nitrogens with one attached hydrogen (secondary N) is 1. The molecule has 0 unspecified atom stereocenters. The van der Waals surface area contributed by atoms with Crippen molar-refractivity contribution in [2.75, 3.05) is 75.2 Å². The summed E-state index contributed by atoms with van der Waals surface area (Å²) < 4.78 is 10.8. The average molecular weight is 339 g/mol. The Kier molecular flexibility index (Phi) is 6.35. The molecule has 2 fully saturated rings. The van der Waals surface area contributed by atoms with Crippen LogP contribution in [-0.2, 0) is 9.47 Å². The highest BCUT2D eigenvalue weighted by atomic mass is 32.2. The maximum atomic E-state index is 5.58. The molecule has 128 valence electrons. The highest BCUT2D eigenvalue weighted by molar-refractivity contribution is 7.99. The van der Waals surface area contributed by atoms with E-state index in [9.17, 15) is 0 Å². The molecule has 2 saturated heterocycles. The minimum absolute atomic E-state index is 0.711. The largest absolute Gasteiger partial charge is 0.379 e. The number of rotatable bonds is 6. The number of hydrogen-bond donors (Lipinski definition) is 2. The monoisotopic (exact) mass is 339 g/mol. The number of pyridine rings is 1. The van der Waals surface area contributed by atoms with Crippen molar-refractivity contribution < 1.29 is 9.47 Å². The summed E-state index contributed by atoms with van der Waals surface area (Å²) in [6.07, 6.45) is 0. The topological polar surface area (TPSA) is 75.9 Å². The lowest BCUT2D eigenvalue weighted by Crippen LogP contribution is -2.37. The molecule has 2 aliphatic heterocycles. The molecule has 0 radical (unpaired) electrons. The first-order chi connectivity index (χ1) is 11.3. The predicted octanol–water partition coefficient (Wildman–Crippen LogP) is 0.628. The molecule has 0 spiro atoms. The van der Waals surface area contributed by atoms with Gasteiger partial charge in [-0.2, -0.15) is 0 Å². The van der Waals surface area contributed by atoms with Crippen LogP contribution in [0.2, 0.25) is 0 Å². The molecule has 0 bridgehead atoms. The van der Waals surface area contributed by atoms with Crippen LogP contribution >= 0.6 is 11.8 Å². The van der Waals surface area contributed by atoms with E-state index in [1.54, 1.807) is 11.8 Å². The standard InChI is InChI=1S/C15H25N5O2S/c16-18-14-11-13(20-3-8-22-9-4-20)12-15(17-14)23-10-5-19-1-6-21-7-2-19/h11-12H,1-10,16H2,(H,17,18). The molecule has 1 aromatic rings. The summed E-state index contributed by atoms with van der Waals surface area (Å²) in [4.78, 5) is 9.31. The Morgan fingerprint density at radius 3 is 2.48 bits per heavy atom. The summed E-state index contributed by atoms with van der Waals surface area (Å²) >= 11 is 1.77. The molecule has 7 nitrogen and oxygen atoms in total. The molecule has 0 aromatic carbocycles. The predicted molar refractivity (Wildman–Crippen MR) is 93.1 cm³/mol. The number of nitrogens with zero attached hydrogens (tertiary/aromatic N) is 3. The number of hydrazine groups is 1. The van der Waals surface area contributed by atoms with Crippen LogP contribution < -0.4 is 16.2 Å². The first-order valence-corrected chi connectivity index (χ1v) is 9.08. The molecule has 3 N–H and O–H groups in total. The number of ether oxygens (including phenoxy) is 2. The fraction of sp³-hybridized carbons (Fsp3) is 0.667. The van der Waals surface area contributed by atoms with Crippen molar-refractivity contribution in [1.29, 1.82) is 0 Å². The van der Waals surface area contributed by atoms with E-state index >= 15 is 0 Å². The summed E-state index contributed by atoms with van der Waals surface area (Å²) in [7, 11) is 0. The molecule has 0 amide bonds. The summed E-state index contributed by atoms with van der Waals surface area (Å²) in [5.74, 6) is 7.30. The van der Waals surface area contributed by atoms with Crippen LogP contribution in [0, 0.1) is 0 Å². The van der Waals surface area contributed by atoms with E-state index in [2.05, 4.69) is 26.3 Å².